The highest BCUT2D eigenvalue weighted by molar-refractivity contribution is 5.93. The lowest BCUT2D eigenvalue weighted by Gasteiger charge is -2.34. The molecule has 1 N–H and O–H groups in total. The third-order valence-electron chi connectivity index (χ3n) is 5.39. The maximum Gasteiger partial charge on any atom is 0.245 e. The van der Waals surface area contributed by atoms with E-state index >= 15 is 0 Å². The Morgan fingerprint density at radius 3 is 2.75 bits per heavy atom. The van der Waals surface area contributed by atoms with E-state index in [2.05, 4.69) is 46.2 Å². The highest BCUT2D eigenvalue weighted by Crippen LogP contribution is 2.30. The van der Waals surface area contributed by atoms with E-state index < -0.39 is 0 Å². The lowest BCUT2D eigenvalue weighted by molar-refractivity contribution is -0.131. The maximum atomic E-state index is 12.7. The van der Waals surface area contributed by atoms with Crippen molar-refractivity contribution in [3.63, 3.8) is 0 Å². The first-order valence-corrected chi connectivity index (χ1v) is 8.95. The number of amides is 1. The topological polar surface area (TPSA) is 58.1 Å². The van der Waals surface area contributed by atoms with E-state index in [1.54, 1.807) is 6.33 Å². The lowest BCUT2D eigenvalue weighted by atomic mass is 9.92. The number of hydrogen-bond acceptors (Lipinski definition) is 4. The zero-order valence-electron chi connectivity index (χ0n) is 14.3. The van der Waals surface area contributed by atoms with E-state index in [0.717, 1.165) is 42.5 Å². The molecular formula is C19H24N4O. The monoisotopic (exact) mass is 324 g/mol. The summed E-state index contributed by atoms with van der Waals surface area (Å²) in [6.45, 7) is 5.21. The second kappa shape index (κ2) is 6.04. The molecule has 5 heteroatoms. The van der Waals surface area contributed by atoms with Gasteiger partial charge in [-0.1, -0.05) is 19.9 Å². The molecule has 1 aromatic heterocycles. The smallest absolute Gasteiger partial charge is 0.245 e. The number of fused-ring (bicyclic) bond motifs is 1. The predicted molar refractivity (Wildman–Crippen MR) is 95.0 cm³/mol. The summed E-state index contributed by atoms with van der Waals surface area (Å²) in [6, 6.07) is 6.61. The van der Waals surface area contributed by atoms with E-state index in [0.29, 0.717) is 12.0 Å². The summed E-state index contributed by atoms with van der Waals surface area (Å²) in [7, 11) is 0. The van der Waals surface area contributed by atoms with E-state index in [4.69, 9.17) is 0 Å². The van der Waals surface area contributed by atoms with Crippen molar-refractivity contribution in [2.24, 2.45) is 0 Å². The normalized spacial score (nSPS) is 21.5. The first kappa shape index (κ1) is 15.4. The van der Waals surface area contributed by atoms with Gasteiger partial charge in [0.2, 0.25) is 5.91 Å². The van der Waals surface area contributed by atoms with Gasteiger partial charge in [-0.05, 0) is 49.3 Å². The molecular weight excluding hydrogens is 300 g/mol. The SMILES string of the molecule is CC(C)c1ccc2ncnc(NC3CCN(C4CCC4)C3=O)c2c1. The Bertz CT molecular complexity index is 769. The third kappa shape index (κ3) is 2.62. The molecule has 5 nitrogen and oxygen atoms in total. The van der Waals surface area contributed by atoms with Crippen molar-refractivity contribution in [3.8, 4) is 0 Å². The molecule has 2 fully saturated rings. The highest BCUT2D eigenvalue weighted by Gasteiger charge is 2.38. The summed E-state index contributed by atoms with van der Waals surface area (Å²) in [6.07, 6.45) is 5.99. The van der Waals surface area contributed by atoms with Gasteiger partial charge in [0.05, 0.1) is 5.52 Å². The summed E-state index contributed by atoms with van der Waals surface area (Å²) < 4.78 is 0. The fourth-order valence-corrected chi connectivity index (χ4v) is 3.61. The van der Waals surface area contributed by atoms with E-state index in [1.165, 1.54) is 12.0 Å². The van der Waals surface area contributed by atoms with Crippen molar-refractivity contribution in [1.82, 2.24) is 14.9 Å². The van der Waals surface area contributed by atoms with Gasteiger partial charge in [0.25, 0.3) is 0 Å². The number of carbonyl (C=O) groups excluding carboxylic acids is 1. The summed E-state index contributed by atoms with van der Waals surface area (Å²) >= 11 is 0. The van der Waals surface area contributed by atoms with Gasteiger partial charge in [0.1, 0.15) is 18.2 Å². The van der Waals surface area contributed by atoms with Crippen LogP contribution in [0.4, 0.5) is 5.82 Å². The van der Waals surface area contributed by atoms with Gasteiger partial charge in [-0.25, -0.2) is 9.97 Å². The molecule has 1 aromatic carbocycles. The number of rotatable bonds is 4. The van der Waals surface area contributed by atoms with Gasteiger partial charge in [-0.3, -0.25) is 4.79 Å². The zero-order chi connectivity index (χ0) is 16.7. The second-order valence-electron chi connectivity index (χ2n) is 7.26. The van der Waals surface area contributed by atoms with Crippen LogP contribution in [-0.4, -0.2) is 39.4 Å². The molecule has 4 rings (SSSR count). The largest absolute Gasteiger partial charge is 0.358 e. The van der Waals surface area contributed by atoms with E-state index in [1.807, 2.05) is 6.07 Å². The summed E-state index contributed by atoms with van der Waals surface area (Å²) in [5.74, 6) is 1.45. The highest BCUT2D eigenvalue weighted by atomic mass is 16.2. The van der Waals surface area contributed by atoms with Crippen molar-refractivity contribution in [1.29, 1.82) is 0 Å². The fraction of sp³-hybridized carbons (Fsp3) is 0.526. The van der Waals surface area contributed by atoms with Crippen LogP contribution in [0.25, 0.3) is 10.9 Å². The van der Waals surface area contributed by atoms with Crippen LogP contribution >= 0.6 is 0 Å². The number of aromatic nitrogens is 2. The average molecular weight is 324 g/mol. The second-order valence-corrected chi connectivity index (χ2v) is 7.26. The molecule has 2 aliphatic rings. The standard InChI is InChI=1S/C19H24N4O/c1-12(2)13-6-7-16-15(10-13)18(21-11-20-16)22-17-8-9-23(19(17)24)14-4-3-5-14/h6-7,10-12,14,17H,3-5,8-9H2,1-2H3,(H,20,21,22). The molecule has 0 spiro atoms. The molecule has 24 heavy (non-hydrogen) atoms. The van der Waals surface area contributed by atoms with E-state index in [-0.39, 0.29) is 11.9 Å². The van der Waals surface area contributed by atoms with Crippen LogP contribution in [-0.2, 0) is 4.79 Å². The number of hydrogen-bond donors (Lipinski definition) is 1. The Balaban J connectivity index is 1.60. The first-order chi connectivity index (χ1) is 11.6. The number of benzene rings is 1. The minimum absolute atomic E-state index is 0.161. The van der Waals surface area contributed by atoms with Gasteiger partial charge in [-0.15, -0.1) is 0 Å². The van der Waals surface area contributed by atoms with E-state index in [9.17, 15) is 4.79 Å². The van der Waals surface area contributed by atoms with Gasteiger partial charge in [-0.2, -0.15) is 0 Å². The van der Waals surface area contributed by atoms with Gasteiger partial charge in [0.15, 0.2) is 0 Å². The third-order valence-corrected chi connectivity index (χ3v) is 5.39. The summed E-state index contributed by atoms with van der Waals surface area (Å²) in [4.78, 5) is 23.5. The van der Waals surface area contributed by atoms with Crippen LogP contribution in [0.1, 0.15) is 51.0 Å². The molecule has 1 saturated heterocycles. The molecule has 0 radical (unpaired) electrons. The Labute approximate surface area is 142 Å². The molecule has 126 valence electrons. The first-order valence-electron chi connectivity index (χ1n) is 8.95. The predicted octanol–water partition coefficient (Wildman–Crippen LogP) is 3.32. The Kier molecular flexibility index (Phi) is 3.87. The minimum atomic E-state index is -0.161. The molecule has 1 amide bonds. The van der Waals surface area contributed by atoms with Crippen LogP contribution in [0.15, 0.2) is 24.5 Å². The van der Waals surface area contributed by atoms with Gasteiger partial charge >= 0.3 is 0 Å². The quantitative estimate of drug-likeness (QED) is 0.937. The molecule has 1 aliphatic carbocycles. The number of nitrogens with zero attached hydrogens (tertiary/aromatic N) is 3. The lowest BCUT2D eigenvalue weighted by Crippen LogP contribution is -2.43. The van der Waals surface area contributed by atoms with Gasteiger partial charge < -0.3 is 10.2 Å². The van der Waals surface area contributed by atoms with Crippen LogP contribution in [0.3, 0.4) is 0 Å². The Morgan fingerprint density at radius 1 is 1.21 bits per heavy atom. The van der Waals surface area contributed by atoms with Crippen LogP contribution in [0, 0.1) is 0 Å². The number of nitrogens with one attached hydrogen (secondary N) is 1. The number of likely N-dealkylation sites (tertiary alicyclic amines) is 1. The Hall–Kier alpha value is -2.17. The zero-order valence-corrected chi connectivity index (χ0v) is 14.3. The molecule has 0 bridgehead atoms. The number of carbonyl (C=O) groups is 1. The Morgan fingerprint density at radius 2 is 2.04 bits per heavy atom. The van der Waals surface area contributed by atoms with Crippen LogP contribution in [0.2, 0.25) is 0 Å². The number of anilines is 1. The molecule has 1 saturated carbocycles. The van der Waals surface area contributed by atoms with Crippen molar-refractivity contribution in [3.05, 3.63) is 30.1 Å². The fourth-order valence-electron chi connectivity index (χ4n) is 3.61. The van der Waals surface area contributed by atoms with Crippen LogP contribution in [0.5, 0.6) is 0 Å². The molecule has 1 atom stereocenters. The maximum absolute atomic E-state index is 12.7. The van der Waals surface area contributed by atoms with Gasteiger partial charge in [0, 0.05) is 18.0 Å². The van der Waals surface area contributed by atoms with Crippen LogP contribution < -0.4 is 5.32 Å². The van der Waals surface area contributed by atoms with Crippen molar-refractivity contribution in [2.75, 3.05) is 11.9 Å². The molecule has 1 aliphatic heterocycles. The van der Waals surface area contributed by atoms with Crippen molar-refractivity contribution >= 4 is 22.6 Å². The minimum Gasteiger partial charge on any atom is -0.358 e. The van der Waals surface area contributed by atoms with Crippen molar-refractivity contribution in [2.45, 2.75) is 57.5 Å². The summed E-state index contributed by atoms with van der Waals surface area (Å²) in [5, 5.41) is 4.39. The molecule has 2 aromatic rings. The average Bonchev–Trinajstić information content (AvgIpc) is 2.87. The summed E-state index contributed by atoms with van der Waals surface area (Å²) in [5.41, 5.74) is 2.17. The molecule has 2 heterocycles. The van der Waals surface area contributed by atoms with Crippen molar-refractivity contribution < 1.29 is 4.79 Å². The molecule has 1 unspecified atom stereocenters.